The van der Waals surface area contributed by atoms with Crippen molar-refractivity contribution in [2.75, 3.05) is 13.2 Å². The van der Waals surface area contributed by atoms with Crippen molar-refractivity contribution in [3.05, 3.63) is 83.7 Å². The van der Waals surface area contributed by atoms with E-state index in [4.69, 9.17) is 10.3 Å². The Morgan fingerprint density at radius 3 is 2.35 bits per heavy atom. The van der Waals surface area contributed by atoms with Gasteiger partial charge in [-0.05, 0) is 55.2 Å². The van der Waals surface area contributed by atoms with Crippen molar-refractivity contribution in [1.82, 2.24) is 0 Å². The third-order valence-electron chi connectivity index (χ3n) is 5.09. The van der Waals surface area contributed by atoms with Gasteiger partial charge in [0, 0.05) is 15.4 Å². The van der Waals surface area contributed by atoms with Crippen LogP contribution in [0, 0.1) is 12.7 Å². The summed E-state index contributed by atoms with van der Waals surface area (Å²) in [5, 5.41) is 9.49. The monoisotopic (exact) mass is 457 g/mol. The third-order valence-corrected chi connectivity index (χ3v) is 6.33. The lowest BCUT2D eigenvalue weighted by Gasteiger charge is -2.25. The van der Waals surface area contributed by atoms with Gasteiger partial charge in [0.2, 0.25) is 0 Å². The number of hydrogen-bond donors (Lipinski definition) is 2. The average molecular weight is 458 g/mol. The van der Waals surface area contributed by atoms with Gasteiger partial charge in [-0.2, -0.15) is 0 Å². The van der Waals surface area contributed by atoms with Crippen molar-refractivity contribution in [2.24, 2.45) is 5.73 Å². The van der Waals surface area contributed by atoms with E-state index in [2.05, 4.69) is 0 Å². The molecule has 0 aromatic heterocycles. The van der Waals surface area contributed by atoms with Gasteiger partial charge in [0.05, 0.1) is 18.8 Å². The molecule has 31 heavy (non-hydrogen) atoms. The Balaban J connectivity index is 1.66. The van der Waals surface area contributed by atoms with Gasteiger partial charge in [0.15, 0.2) is 0 Å². The number of halogens is 1. The predicted molar refractivity (Wildman–Crippen MR) is 123 cm³/mol. The van der Waals surface area contributed by atoms with E-state index in [1.54, 1.807) is 12.1 Å². The number of nitrogens with two attached hydrogens (primary N) is 1. The topological polar surface area (TPSA) is 72.6 Å². The molecule has 3 rings (SSSR count). The minimum Gasteiger partial charge on any atom is -0.394 e. The fourth-order valence-corrected chi connectivity index (χ4v) is 4.28. The predicted octanol–water partition coefficient (Wildman–Crippen LogP) is 5.80. The molecule has 3 aromatic carbocycles. The summed E-state index contributed by atoms with van der Waals surface area (Å²) in [7, 11) is -0.456. The molecule has 0 saturated heterocycles. The van der Waals surface area contributed by atoms with E-state index >= 15 is 0 Å². The SMILES string of the molecule is Cc1ccc(Sc2ccc(-c3ccc(CCC(N)(CO)COP=O)cc3)c(F)c2)cc1. The summed E-state index contributed by atoms with van der Waals surface area (Å²) in [4.78, 5) is 1.92. The second kappa shape index (κ2) is 11.0. The van der Waals surface area contributed by atoms with E-state index in [1.807, 2.05) is 61.5 Å². The molecular formula is C24H25FNO3PS. The van der Waals surface area contributed by atoms with Crippen molar-refractivity contribution < 1.29 is 18.6 Å². The molecule has 0 heterocycles. The van der Waals surface area contributed by atoms with Crippen LogP contribution in [0.15, 0.2) is 76.5 Å². The van der Waals surface area contributed by atoms with Crippen LogP contribution in [0.5, 0.6) is 0 Å². The summed E-state index contributed by atoms with van der Waals surface area (Å²) in [6.45, 7) is 1.78. The molecule has 0 spiro atoms. The zero-order valence-electron chi connectivity index (χ0n) is 17.3. The molecule has 0 fully saturated rings. The Morgan fingerprint density at radius 1 is 1.06 bits per heavy atom. The van der Waals surface area contributed by atoms with Crippen LogP contribution in [0.1, 0.15) is 17.5 Å². The van der Waals surface area contributed by atoms with Crippen LogP contribution in [-0.2, 0) is 15.5 Å². The van der Waals surface area contributed by atoms with Crippen LogP contribution in [0.25, 0.3) is 11.1 Å². The summed E-state index contributed by atoms with van der Waals surface area (Å²) in [5.74, 6) is -0.264. The lowest BCUT2D eigenvalue weighted by atomic mass is 9.93. The molecule has 4 nitrogen and oxygen atoms in total. The summed E-state index contributed by atoms with van der Waals surface area (Å²) in [6, 6.07) is 21.0. The molecule has 3 aromatic rings. The van der Waals surface area contributed by atoms with Gasteiger partial charge in [0.25, 0.3) is 0 Å². The number of rotatable bonds is 10. The third kappa shape index (κ3) is 6.70. The van der Waals surface area contributed by atoms with Gasteiger partial charge in [-0.15, -0.1) is 0 Å². The summed E-state index contributed by atoms with van der Waals surface area (Å²) in [6.07, 6.45) is 1.09. The van der Waals surface area contributed by atoms with Crippen LogP contribution >= 0.6 is 20.4 Å². The number of aliphatic hydroxyl groups is 1. The molecule has 7 heteroatoms. The first-order valence-corrected chi connectivity index (χ1v) is 11.4. The van der Waals surface area contributed by atoms with Gasteiger partial charge in [0.1, 0.15) is 5.82 Å². The van der Waals surface area contributed by atoms with Crippen molar-refractivity contribution in [1.29, 1.82) is 0 Å². The van der Waals surface area contributed by atoms with Crippen molar-refractivity contribution in [3.8, 4) is 11.1 Å². The fourth-order valence-electron chi connectivity index (χ4n) is 3.13. The normalized spacial score (nSPS) is 13.3. The molecule has 0 amide bonds. The zero-order chi connectivity index (χ0) is 22.3. The number of aliphatic hydroxyl groups excluding tert-OH is 1. The highest BCUT2D eigenvalue weighted by Gasteiger charge is 2.24. The molecule has 0 aliphatic heterocycles. The minimum atomic E-state index is -0.951. The maximum absolute atomic E-state index is 14.8. The highest BCUT2D eigenvalue weighted by molar-refractivity contribution is 7.99. The second-order valence-electron chi connectivity index (χ2n) is 7.62. The molecule has 1 unspecified atom stereocenters. The zero-order valence-corrected chi connectivity index (χ0v) is 19.0. The number of hydrogen-bond acceptors (Lipinski definition) is 5. The molecule has 0 saturated carbocycles. The van der Waals surface area contributed by atoms with E-state index in [0.717, 1.165) is 20.9 Å². The molecule has 1 atom stereocenters. The van der Waals surface area contributed by atoms with E-state index < -0.39 is 14.2 Å². The largest absolute Gasteiger partial charge is 0.394 e. The van der Waals surface area contributed by atoms with E-state index in [0.29, 0.717) is 18.4 Å². The van der Waals surface area contributed by atoms with E-state index in [-0.39, 0.29) is 19.0 Å². The maximum atomic E-state index is 14.8. The van der Waals surface area contributed by atoms with Crippen LogP contribution in [0.3, 0.4) is 0 Å². The van der Waals surface area contributed by atoms with Crippen molar-refractivity contribution in [3.63, 3.8) is 0 Å². The highest BCUT2D eigenvalue weighted by atomic mass is 32.2. The van der Waals surface area contributed by atoms with Gasteiger partial charge >= 0.3 is 8.69 Å². The Hall–Kier alpha value is -2.08. The number of aryl methyl sites for hydroxylation is 2. The van der Waals surface area contributed by atoms with Crippen molar-refractivity contribution >= 4 is 20.4 Å². The lowest BCUT2D eigenvalue weighted by Crippen LogP contribution is -2.47. The highest BCUT2D eigenvalue weighted by Crippen LogP contribution is 2.32. The van der Waals surface area contributed by atoms with Gasteiger partial charge in [-0.3, -0.25) is 4.52 Å². The molecule has 0 radical (unpaired) electrons. The van der Waals surface area contributed by atoms with Gasteiger partial charge in [-0.25, -0.2) is 8.96 Å². The lowest BCUT2D eigenvalue weighted by molar-refractivity contribution is 0.133. The van der Waals surface area contributed by atoms with Crippen molar-refractivity contribution in [2.45, 2.75) is 35.1 Å². The molecule has 0 bridgehead atoms. The summed E-state index contributed by atoms with van der Waals surface area (Å²) < 4.78 is 30.1. The van der Waals surface area contributed by atoms with Crippen LogP contribution < -0.4 is 5.73 Å². The van der Waals surface area contributed by atoms with E-state index in [9.17, 15) is 14.1 Å². The average Bonchev–Trinajstić information content (AvgIpc) is 2.78. The molecule has 0 aliphatic carbocycles. The minimum absolute atomic E-state index is 0.00476. The van der Waals surface area contributed by atoms with Gasteiger partial charge < -0.3 is 10.8 Å². The van der Waals surface area contributed by atoms with Crippen LogP contribution in [0.4, 0.5) is 4.39 Å². The molecular weight excluding hydrogens is 432 g/mol. The Bertz CT molecular complexity index is 1010. The first-order chi connectivity index (χ1) is 14.9. The quantitative estimate of drug-likeness (QED) is 0.377. The molecule has 3 N–H and O–H groups in total. The fraction of sp³-hybridized carbons (Fsp3) is 0.250. The summed E-state index contributed by atoms with van der Waals surface area (Å²) >= 11 is 1.53. The Kier molecular flexibility index (Phi) is 8.35. The molecule has 0 aliphatic rings. The molecule has 162 valence electrons. The smallest absolute Gasteiger partial charge is 0.327 e. The number of benzene rings is 3. The van der Waals surface area contributed by atoms with Gasteiger partial charge in [-0.1, -0.05) is 59.8 Å². The van der Waals surface area contributed by atoms with E-state index in [1.165, 1.54) is 17.3 Å². The van der Waals surface area contributed by atoms with Crippen LogP contribution in [0.2, 0.25) is 0 Å². The maximum Gasteiger partial charge on any atom is 0.327 e. The standard InChI is InChI=1S/C24H25FNO3PS/c1-17-2-8-20(9-3-17)31-21-10-11-22(23(25)14-21)19-6-4-18(5-7-19)12-13-24(26,15-27)16-29-30-28/h2-11,14,27H,12-13,15-16,26H2,1H3. The first kappa shape index (κ1) is 23.6. The Morgan fingerprint density at radius 2 is 1.74 bits per heavy atom. The summed E-state index contributed by atoms with van der Waals surface area (Å²) in [5.41, 5.74) is 8.67. The first-order valence-electron chi connectivity index (χ1n) is 9.90. The van der Waals surface area contributed by atoms with Crippen LogP contribution in [-0.4, -0.2) is 23.9 Å². The Labute approximate surface area is 187 Å². The second-order valence-corrected chi connectivity index (χ2v) is 9.18.